The molecule has 0 spiro atoms. The SMILES string of the molecule is Cc1sccc1-c1cc(O)cc(OC(F)(F)F)c1. The molecular weight excluding hydrogens is 265 g/mol. The van der Waals surface area contributed by atoms with Gasteiger partial charge in [0.2, 0.25) is 0 Å². The Morgan fingerprint density at radius 1 is 1.22 bits per heavy atom. The van der Waals surface area contributed by atoms with Gasteiger partial charge in [-0.3, -0.25) is 0 Å². The van der Waals surface area contributed by atoms with Gasteiger partial charge in [-0.1, -0.05) is 0 Å². The Morgan fingerprint density at radius 3 is 2.50 bits per heavy atom. The summed E-state index contributed by atoms with van der Waals surface area (Å²) in [6.45, 7) is 1.86. The monoisotopic (exact) mass is 274 g/mol. The third kappa shape index (κ3) is 2.95. The number of thiophene rings is 1. The first-order valence-corrected chi connectivity index (χ1v) is 5.87. The minimum absolute atomic E-state index is 0.266. The van der Waals surface area contributed by atoms with Gasteiger partial charge in [0.1, 0.15) is 11.5 Å². The lowest BCUT2D eigenvalue weighted by molar-refractivity contribution is -0.274. The van der Waals surface area contributed by atoms with E-state index in [0.29, 0.717) is 5.56 Å². The van der Waals surface area contributed by atoms with Gasteiger partial charge in [0.05, 0.1) is 0 Å². The van der Waals surface area contributed by atoms with Crippen LogP contribution in [0.2, 0.25) is 0 Å². The smallest absolute Gasteiger partial charge is 0.508 e. The molecule has 1 heterocycles. The molecule has 0 amide bonds. The van der Waals surface area contributed by atoms with Gasteiger partial charge in [-0.2, -0.15) is 0 Å². The minimum Gasteiger partial charge on any atom is -0.508 e. The molecule has 2 aromatic rings. The van der Waals surface area contributed by atoms with Crippen LogP contribution < -0.4 is 4.74 Å². The highest BCUT2D eigenvalue weighted by Gasteiger charge is 2.31. The lowest BCUT2D eigenvalue weighted by atomic mass is 10.1. The number of hydrogen-bond acceptors (Lipinski definition) is 3. The van der Waals surface area contributed by atoms with Crippen LogP contribution in [0, 0.1) is 6.92 Å². The number of aromatic hydroxyl groups is 1. The zero-order valence-corrected chi connectivity index (χ0v) is 10.1. The molecule has 0 bridgehead atoms. The van der Waals surface area contributed by atoms with E-state index in [2.05, 4.69) is 4.74 Å². The first kappa shape index (κ1) is 12.8. The third-order valence-electron chi connectivity index (χ3n) is 2.29. The van der Waals surface area contributed by atoms with Crippen LogP contribution in [0.1, 0.15) is 4.88 Å². The number of rotatable bonds is 2. The summed E-state index contributed by atoms with van der Waals surface area (Å²) >= 11 is 1.48. The molecular formula is C12H9F3O2S. The number of ether oxygens (including phenoxy) is 1. The Balaban J connectivity index is 2.42. The summed E-state index contributed by atoms with van der Waals surface area (Å²) in [5, 5.41) is 11.3. The maximum absolute atomic E-state index is 12.1. The highest BCUT2D eigenvalue weighted by Crippen LogP contribution is 2.34. The number of phenolic OH excluding ortho intramolecular Hbond substituents is 1. The molecule has 0 aliphatic carbocycles. The topological polar surface area (TPSA) is 29.5 Å². The number of phenols is 1. The van der Waals surface area contributed by atoms with E-state index in [1.54, 1.807) is 6.07 Å². The van der Waals surface area contributed by atoms with Crippen LogP contribution in [0.15, 0.2) is 29.6 Å². The molecule has 0 saturated carbocycles. The second kappa shape index (κ2) is 4.53. The van der Waals surface area contributed by atoms with Crippen molar-refractivity contribution in [2.75, 3.05) is 0 Å². The van der Waals surface area contributed by atoms with Crippen molar-refractivity contribution in [2.24, 2.45) is 0 Å². The number of benzene rings is 1. The largest absolute Gasteiger partial charge is 0.573 e. The molecule has 1 N–H and O–H groups in total. The normalized spacial score (nSPS) is 11.6. The molecule has 0 unspecified atom stereocenters. The zero-order valence-electron chi connectivity index (χ0n) is 9.28. The summed E-state index contributed by atoms with van der Waals surface area (Å²) in [6, 6.07) is 5.37. The Hall–Kier alpha value is -1.69. The van der Waals surface area contributed by atoms with Crippen LogP contribution in [0.25, 0.3) is 11.1 Å². The van der Waals surface area contributed by atoms with Crippen LogP contribution >= 0.6 is 11.3 Å². The summed E-state index contributed by atoms with van der Waals surface area (Å²) in [4.78, 5) is 0.957. The van der Waals surface area contributed by atoms with E-state index in [1.807, 2.05) is 12.3 Å². The van der Waals surface area contributed by atoms with Crippen molar-refractivity contribution in [1.82, 2.24) is 0 Å². The van der Waals surface area contributed by atoms with Crippen molar-refractivity contribution >= 4 is 11.3 Å². The summed E-state index contributed by atoms with van der Waals surface area (Å²) in [6.07, 6.45) is -4.77. The summed E-state index contributed by atoms with van der Waals surface area (Å²) in [7, 11) is 0. The molecule has 6 heteroatoms. The molecule has 0 aliphatic rings. The van der Waals surface area contributed by atoms with Crippen LogP contribution in [-0.4, -0.2) is 11.5 Å². The van der Waals surface area contributed by atoms with Gasteiger partial charge in [-0.05, 0) is 41.6 Å². The van der Waals surface area contributed by atoms with Crippen molar-refractivity contribution in [3.8, 4) is 22.6 Å². The van der Waals surface area contributed by atoms with Crippen molar-refractivity contribution in [3.63, 3.8) is 0 Å². The molecule has 2 rings (SSSR count). The minimum atomic E-state index is -4.77. The number of halogens is 3. The highest BCUT2D eigenvalue weighted by atomic mass is 32.1. The summed E-state index contributed by atoms with van der Waals surface area (Å²) in [5.41, 5.74) is 1.27. The maximum atomic E-state index is 12.1. The first-order valence-electron chi connectivity index (χ1n) is 4.99. The fourth-order valence-corrected chi connectivity index (χ4v) is 2.34. The zero-order chi connectivity index (χ0) is 13.3. The van der Waals surface area contributed by atoms with E-state index in [0.717, 1.165) is 16.5 Å². The number of aryl methyl sites for hydroxylation is 1. The van der Waals surface area contributed by atoms with E-state index in [-0.39, 0.29) is 5.75 Å². The molecule has 0 atom stereocenters. The average Bonchev–Trinajstić information content (AvgIpc) is 2.60. The van der Waals surface area contributed by atoms with Gasteiger partial charge >= 0.3 is 6.36 Å². The van der Waals surface area contributed by atoms with Gasteiger partial charge < -0.3 is 9.84 Å². The van der Waals surface area contributed by atoms with Gasteiger partial charge in [0, 0.05) is 10.9 Å². The number of alkyl halides is 3. The molecule has 0 saturated heterocycles. The van der Waals surface area contributed by atoms with E-state index < -0.39 is 12.1 Å². The molecule has 18 heavy (non-hydrogen) atoms. The van der Waals surface area contributed by atoms with Crippen LogP contribution in [0.5, 0.6) is 11.5 Å². The van der Waals surface area contributed by atoms with Gasteiger partial charge in [0.15, 0.2) is 0 Å². The third-order valence-corrected chi connectivity index (χ3v) is 3.14. The molecule has 0 aliphatic heterocycles. The van der Waals surface area contributed by atoms with Crippen molar-refractivity contribution in [3.05, 3.63) is 34.5 Å². The van der Waals surface area contributed by atoms with Gasteiger partial charge in [-0.25, -0.2) is 0 Å². The second-order valence-electron chi connectivity index (χ2n) is 3.65. The first-order chi connectivity index (χ1) is 8.35. The average molecular weight is 274 g/mol. The second-order valence-corrected chi connectivity index (χ2v) is 4.77. The van der Waals surface area contributed by atoms with Crippen LogP contribution in [-0.2, 0) is 0 Å². The van der Waals surface area contributed by atoms with E-state index in [4.69, 9.17) is 0 Å². The Kier molecular flexibility index (Phi) is 3.21. The standard InChI is InChI=1S/C12H9F3O2S/c1-7-11(2-3-18-7)8-4-9(16)6-10(5-8)17-12(13,14)15/h2-6,16H,1H3. The predicted molar refractivity (Wildman–Crippen MR) is 62.8 cm³/mol. The maximum Gasteiger partial charge on any atom is 0.573 e. The van der Waals surface area contributed by atoms with Crippen molar-refractivity contribution in [1.29, 1.82) is 0 Å². The molecule has 96 valence electrons. The molecule has 0 radical (unpaired) electrons. The van der Waals surface area contributed by atoms with Crippen molar-refractivity contribution in [2.45, 2.75) is 13.3 Å². The molecule has 0 fully saturated rings. The van der Waals surface area contributed by atoms with Gasteiger partial charge in [-0.15, -0.1) is 24.5 Å². The highest BCUT2D eigenvalue weighted by molar-refractivity contribution is 7.10. The Labute approximate surface area is 105 Å². The fraction of sp³-hybridized carbons (Fsp3) is 0.167. The van der Waals surface area contributed by atoms with Crippen LogP contribution in [0.4, 0.5) is 13.2 Å². The molecule has 2 nitrogen and oxygen atoms in total. The number of hydrogen-bond donors (Lipinski definition) is 1. The molecule has 1 aromatic heterocycles. The Morgan fingerprint density at radius 2 is 1.94 bits per heavy atom. The fourth-order valence-electron chi connectivity index (χ4n) is 1.62. The van der Waals surface area contributed by atoms with Crippen molar-refractivity contribution < 1.29 is 23.0 Å². The summed E-state index contributed by atoms with van der Waals surface area (Å²) in [5.74, 6) is -0.694. The van der Waals surface area contributed by atoms with E-state index in [1.165, 1.54) is 23.5 Å². The lowest BCUT2D eigenvalue weighted by Crippen LogP contribution is -2.17. The predicted octanol–water partition coefficient (Wildman–Crippen LogP) is 4.33. The summed E-state index contributed by atoms with van der Waals surface area (Å²) < 4.78 is 40.2. The Bertz CT molecular complexity index is 561. The van der Waals surface area contributed by atoms with E-state index in [9.17, 15) is 18.3 Å². The quantitative estimate of drug-likeness (QED) is 0.883. The van der Waals surface area contributed by atoms with Crippen LogP contribution in [0.3, 0.4) is 0 Å². The van der Waals surface area contributed by atoms with Gasteiger partial charge in [0.25, 0.3) is 0 Å². The molecule has 1 aromatic carbocycles. The van der Waals surface area contributed by atoms with E-state index >= 15 is 0 Å². The lowest BCUT2D eigenvalue weighted by Gasteiger charge is -2.11.